The summed E-state index contributed by atoms with van der Waals surface area (Å²) in [5.74, 6) is -0.137. The largest absolute Gasteiger partial charge is 0.356 e. The third-order valence-corrected chi connectivity index (χ3v) is 5.87. The maximum atomic E-state index is 12.1. The predicted molar refractivity (Wildman–Crippen MR) is 124 cm³/mol. The third kappa shape index (κ3) is 8.81. The number of carbonyl (C=O) groups excluding carboxylic acids is 2. The summed E-state index contributed by atoms with van der Waals surface area (Å²) < 4.78 is 0. The number of nitrogens with zero attached hydrogens (tertiary/aromatic N) is 1. The molecule has 0 atom stereocenters. The van der Waals surface area contributed by atoms with Crippen molar-refractivity contribution < 1.29 is 9.59 Å². The van der Waals surface area contributed by atoms with E-state index < -0.39 is 0 Å². The number of thiazole rings is 1. The standard InChI is InChI=1S/C22H30N4O2S.ClH/c27-20(24-13-7-12-23-18-10-5-2-6-11-18)15-19-16-29-22(25-19)26-21(28)14-17-8-3-1-4-9-17;/h1,3-4,8-9,16,18,23H,2,5-7,10-15H2,(H,24,27)(H,25,26,28);1H. The molecule has 2 aromatic rings. The van der Waals surface area contributed by atoms with Crippen LogP contribution in [0.25, 0.3) is 0 Å². The minimum atomic E-state index is -0.105. The van der Waals surface area contributed by atoms with Gasteiger partial charge in [0.05, 0.1) is 18.5 Å². The first-order valence-corrected chi connectivity index (χ1v) is 11.4. The zero-order valence-electron chi connectivity index (χ0n) is 17.2. The maximum Gasteiger partial charge on any atom is 0.230 e. The van der Waals surface area contributed by atoms with Crippen molar-refractivity contribution in [2.45, 2.75) is 57.4 Å². The molecular formula is C22H31ClN4O2S. The van der Waals surface area contributed by atoms with Gasteiger partial charge in [0.2, 0.25) is 11.8 Å². The van der Waals surface area contributed by atoms with E-state index in [0.717, 1.165) is 18.5 Å². The summed E-state index contributed by atoms with van der Waals surface area (Å²) in [5.41, 5.74) is 1.64. The van der Waals surface area contributed by atoms with E-state index in [1.54, 1.807) is 0 Å². The van der Waals surface area contributed by atoms with Gasteiger partial charge in [0, 0.05) is 18.0 Å². The lowest BCUT2D eigenvalue weighted by Crippen LogP contribution is -2.34. The van der Waals surface area contributed by atoms with Crippen molar-refractivity contribution >= 4 is 40.7 Å². The number of nitrogens with one attached hydrogen (secondary N) is 3. The summed E-state index contributed by atoms with van der Waals surface area (Å²) in [6.07, 6.45) is 8.06. The lowest BCUT2D eigenvalue weighted by Gasteiger charge is -2.22. The Balaban J connectivity index is 0.00000320. The Labute approximate surface area is 188 Å². The summed E-state index contributed by atoms with van der Waals surface area (Å²) in [6.45, 7) is 1.61. The molecule has 1 heterocycles. The topological polar surface area (TPSA) is 83.1 Å². The first-order chi connectivity index (χ1) is 14.2. The summed E-state index contributed by atoms with van der Waals surface area (Å²) >= 11 is 1.35. The molecule has 1 aliphatic rings. The second kappa shape index (κ2) is 13.4. The Bertz CT molecular complexity index is 778. The van der Waals surface area contributed by atoms with Crippen LogP contribution in [0, 0.1) is 0 Å². The Morgan fingerprint density at radius 2 is 1.77 bits per heavy atom. The molecule has 0 radical (unpaired) electrons. The lowest BCUT2D eigenvalue weighted by molar-refractivity contribution is -0.120. The van der Waals surface area contributed by atoms with Gasteiger partial charge in [0.25, 0.3) is 0 Å². The van der Waals surface area contributed by atoms with Crippen molar-refractivity contribution in [3.63, 3.8) is 0 Å². The second-order valence-corrected chi connectivity index (χ2v) is 8.38. The van der Waals surface area contributed by atoms with Crippen LogP contribution >= 0.6 is 23.7 Å². The van der Waals surface area contributed by atoms with Crippen LogP contribution in [0.4, 0.5) is 5.13 Å². The number of hydrogen-bond donors (Lipinski definition) is 3. The molecule has 8 heteroatoms. The Morgan fingerprint density at radius 3 is 2.53 bits per heavy atom. The van der Waals surface area contributed by atoms with Gasteiger partial charge in [-0.1, -0.05) is 49.6 Å². The number of halogens is 1. The quantitative estimate of drug-likeness (QED) is 0.482. The Hall–Kier alpha value is -1.96. The molecule has 1 saturated carbocycles. The maximum absolute atomic E-state index is 12.1. The zero-order chi connectivity index (χ0) is 20.3. The molecule has 164 valence electrons. The predicted octanol–water partition coefficient (Wildman–Crippen LogP) is 3.72. The van der Waals surface area contributed by atoms with Gasteiger partial charge in [-0.05, 0) is 31.4 Å². The van der Waals surface area contributed by atoms with Gasteiger partial charge in [0.1, 0.15) is 0 Å². The van der Waals surface area contributed by atoms with Crippen LogP contribution in [-0.2, 0) is 22.4 Å². The molecule has 1 fully saturated rings. The first-order valence-electron chi connectivity index (χ1n) is 10.5. The normalized spacial score (nSPS) is 14.0. The smallest absolute Gasteiger partial charge is 0.230 e. The molecular weight excluding hydrogens is 420 g/mol. The molecule has 0 bridgehead atoms. The van der Waals surface area contributed by atoms with E-state index >= 15 is 0 Å². The molecule has 3 N–H and O–H groups in total. The highest BCUT2D eigenvalue weighted by Gasteiger charge is 2.12. The van der Waals surface area contributed by atoms with E-state index in [0.29, 0.717) is 29.8 Å². The van der Waals surface area contributed by atoms with Crippen LogP contribution in [0.1, 0.15) is 49.8 Å². The molecule has 1 aromatic carbocycles. The number of anilines is 1. The molecule has 1 aliphatic carbocycles. The first kappa shape index (κ1) is 24.3. The molecule has 6 nitrogen and oxygen atoms in total. The van der Waals surface area contributed by atoms with Crippen LogP contribution in [0.5, 0.6) is 0 Å². The van der Waals surface area contributed by atoms with E-state index in [2.05, 4.69) is 20.9 Å². The number of aromatic nitrogens is 1. The van der Waals surface area contributed by atoms with Crippen molar-refractivity contribution in [1.82, 2.24) is 15.6 Å². The van der Waals surface area contributed by atoms with Crippen molar-refractivity contribution in [1.29, 1.82) is 0 Å². The number of hydrogen-bond acceptors (Lipinski definition) is 5. The summed E-state index contributed by atoms with van der Waals surface area (Å²) in [7, 11) is 0. The number of benzene rings is 1. The van der Waals surface area contributed by atoms with E-state index in [1.807, 2.05) is 35.7 Å². The minimum absolute atomic E-state index is 0. The fourth-order valence-electron chi connectivity index (χ4n) is 3.55. The zero-order valence-corrected chi connectivity index (χ0v) is 18.8. The van der Waals surface area contributed by atoms with Crippen molar-refractivity contribution in [2.75, 3.05) is 18.4 Å². The van der Waals surface area contributed by atoms with Crippen LogP contribution in [0.2, 0.25) is 0 Å². The van der Waals surface area contributed by atoms with Crippen LogP contribution < -0.4 is 16.0 Å². The van der Waals surface area contributed by atoms with Crippen molar-refractivity contribution in [3.8, 4) is 0 Å². The molecule has 0 saturated heterocycles. The molecule has 0 spiro atoms. The fourth-order valence-corrected chi connectivity index (χ4v) is 4.27. The summed E-state index contributed by atoms with van der Waals surface area (Å²) in [5, 5.41) is 11.7. The molecule has 2 amide bonds. The average molecular weight is 451 g/mol. The highest BCUT2D eigenvalue weighted by Crippen LogP contribution is 2.17. The SMILES string of the molecule is Cl.O=C(Cc1csc(NC(=O)Cc2ccccc2)n1)NCCCNC1CCCCC1. The van der Waals surface area contributed by atoms with Gasteiger partial charge >= 0.3 is 0 Å². The number of amides is 2. The molecule has 3 rings (SSSR count). The Morgan fingerprint density at radius 1 is 1.00 bits per heavy atom. The highest BCUT2D eigenvalue weighted by atomic mass is 35.5. The molecule has 1 aromatic heterocycles. The third-order valence-electron chi connectivity index (χ3n) is 5.06. The van der Waals surface area contributed by atoms with Gasteiger partial charge in [-0.3, -0.25) is 9.59 Å². The molecule has 30 heavy (non-hydrogen) atoms. The van der Waals surface area contributed by atoms with Gasteiger partial charge in [-0.15, -0.1) is 23.7 Å². The van der Waals surface area contributed by atoms with E-state index in [4.69, 9.17) is 0 Å². The monoisotopic (exact) mass is 450 g/mol. The average Bonchev–Trinajstić information content (AvgIpc) is 3.15. The van der Waals surface area contributed by atoms with Gasteiger partial charge in [-0.25, -0.2) is 4.98 Å². The van der Waals surface area contributed by atoms with Crippen molar-refractivity contribution in [2.24, 2.45) is 0 Å². The Kier molecular flexibility index (Phi) is 10.8. The highest BCUT2D eigenvalue weighted by molar-refractivity contribution is 7.13. The van der Waals surface area contributed by atoms with Gasteiger partial charge < -0.3 is 16.0 Å². The van der Waals surface area contributed by atoms with E-state index in [1.165, 1.54) is 43.4 Å². The van der Waals surface area contributed by atoms with Crippen molar-refractivity contribution in [3.05, 3.63) is 47.0 Å². The fraction of sp³-hybridized carbons (Fsp3) is 0.500. The van der Waals surface area contributed by atoms with Crippen LogP contribution in [0.3, 0.4) is 0 Å². The number of carbonyl (C=O) groups is 2. The van der Waals surface area contributed by atoms with E-state index in [-0.39, 0.29) is 30.6 Å². The lowest BCUT2D eigenvalue weighted by atomic mass is 9.95. The van der Waals surface area contributed by atoms with Gasteiger partial charge in [0.15, 0.2) is 5.13 Å². The number of rotatable bonds is 10. The van der Waals surface area contributed by atoms with Crippen LogP contribution in [-0.4, -0.2) is 35.9 Å². The van der Waals surface area contributed by atoms with Crippen LogP contribution in [0.15, 0.2) is 35.7 Å². The van der Waals surface area contributed by atoms with E-state index in [9.17, 15) is 9.59 Å². The molecule has 0 unspecified atom stereocenters. The minimum Gasteiger partial charge on any atom is -0.356 e. The van der Waals surface area contributed by atoms with Gasteiger partial charge in [-0.2, -0.15) is 0 Å². The summed E-state index contributed by atoms with van der Waals surface area (Å²) in [6, 6.07) is 10.2. The second-order valence-electron chi connectivity index (χ2n) is 7.52. The molecule has 0 aliphatic heterocycles. The summed E-state index contributed by atoms with van der Waals surface area (Å²) in [4.78, 5) is 28.5.